The molecule has 0 aliphatic carbocycles. The molecule has 1 unspecified atom stereocenters. The molecule has 0 spiro atoms. The Balaban J connectivity index is 2.42. The van der Waals surface area contributed by atoms with Gasteiger partial charge in [-0.15, -0.1) is 0 Å². The van der Waals surface area contributed by atoms with Gasteiger partial charge in [0.15, 0.2) is 0 Å². The molecule has 2 N–H and O–H groups in total. The first-order chi connectivity index (χ1) is 6.58. The van der Waals surface area contributed by atoms with Gasteiger partial charge in [0.2, 0.25) is 0 Å². The van der Waals surface area contributed by atoms with Crippen molar-refractivity contribution in [1.82, 2.24) is 0 Å². The van der Waals surface area contributed by atoms with E-state index in [1.54, 1.807) is 19.1 Å². The minimum Gasteiger partial charge on any atom is -0.506 e. The lowest BCUT2D eigenvalue weighted by atomic mass is 9.96. The van der Waals surface area contributed by atoms with Gasteiger partial charge in [0.1, 0.15) is 11.4 Å². The van der Waals surface area contributed by atoms with Crippen molar-refractivity contribution in [3.63, 3.8) is 0 Å². The number of fused-ring (bicyclic) bond motifs is 1. The summed E-state index contributed by atoms with van der Waals surface area (Å²) >= 11 is 0. The third kappa shape index (κ3) is 1.67. The summed E-state index contributed by atoms with van der Waals surface area (Å²) in [6, 6.07) is 5.22. The van der Waals surface area contributed by atoms with E-state index >= 15 is 0 Å². The molecular formula is C11H14FNO. The average molecular weight is 195 g/mol. The fourth-order valence-corrected chi connectivity index (χ4v) is 1.87. The molecule has 1 heterocycles. The van der Waals surface area contributed by atoms with E-state index in [2.05, 4.69) is 5.32 Å². The highest BCUT2D eigenvalue weighted by Gasteiger charge is 2.28. The van der Waals surface area contributed by atoms with Gasteiger partial charge in [-0.05, 0) is 25.0 Å². The summed E-state index contributed by atoms with van der Waals surface area (Å²) in [7, 11) is 0. The number of phenols is 1. The molecule has 0 fully saturated rings. The maximum absolute atomic E-state index is 13.8. The quantitative estimate of drug-likeness (QED) is 0.623. The Morgan fingerprint density at radius 2 is 2.29 bits per heavy atom. The molecule has 0 aromatic heterocycles. The highest BCUT2D eigenvalue weighted by atomic mass is 19.1. The van der Waals surface area contributed by atoms with Gasteiger partial charge in [-0.2, -0.15) is 0 Å². The van der Waals surface area contributed by atoms with Gasteiger partial charge < -0.3 is 10.4 Å². The van der Waals surface area contributed by atoms with E-state index in [-0.39, 0.29) is 5.75 Å². The van der Waals surface area contributed by atoms with Crippen LogP contribution in [0, 0.1) is 0 Å². The monoisotopic (exact) mass is 195 g/mol. The summed E-state index contributed by atoms with van der Waals surface area (Å²) in [5.74, 6) is 0.209. The molecule has 0 saturated heterocycles. The standard InChI is InChI=1S/C11H14FNO/c1-11(12)5-6-13-10-8(7-11)3-2-4-9(10)14/h2-4,13-14H,5-7H2,1H3. The van der Waals surface area contributed by atoms with E-state index in [9.17, 15) is 9.50 Å². The van der Waals surface area contributed by atoms with Gasteiger partial charge in [-0.1, -0.05) is 12.1 Å². The first kappa shape index (κ1) is 9.31. The number of phenolic OH excluding ortho intramolecular Hbond substituents is 1. The van der Waals surface area contributed by atoms with Crippen LogP contribution in [-0.4, -0.2) is 17.3 Å². The van der Waals surface area contributed by atoms with Crippen LogP contribution in [0.3, 0.4) is 0 Å². The molecule has 1 aromatic carbocycles. The average Bonchev–Trinajstić information content (AvgIpc) is 2.23. The zero-order valence-corrected chi connectivity index (χ0v) is 8.18. The van der Waals surface area contributed by atoms with Crippen LogP contribution in [0.4, 0.5) is 10.1 Å². The fraction of sp³-hybridized carbons (Fsp3) is 0.455. The minimum absolute atomic E-state index is 0.209. The topological polar surface area (TPSA) is 32.3 Å². The third-order valence-electron chi connectivity index (χ3n) is 2.64. The maximum atomic E-state index is 13.8. The molecule has 1 aromatic rings. The van der Waals surface area contributed by atoms with E-state index in [1.165, 1.54) is 0 Å². The lowest BCUT2D eigenvalue weighted by Crippen LogP contribution is -2.21. The zero-order valence-electron chi connectivity index (χ0n) is 8.18. The molecule has 3 heteroatoms. The maximum Gasteiger partial charge on any atom is 0.138 e. The van der Waals surface area contributed by atoms with Gasteiger partial charge >= 0.3 is 0 Å². The SMILES string of the molecule is CC1(F)CCNc2c(O)cccc2C1. The van der Waals surface area contributed by atoms with E-state index in [0.29, 0.717) is 25.1 Å². The number of halogens is 1. The number of para-hydroxylation sites is 1. The zero-order chi connectivity index (χ0) is 10.2. The first-order valence-electron chi connectivity index (χ1n) is 4.82. The van der Waals surface area contributed by atoms with Crippen molar-refractivity contribution >= 4 is 5.69 Å². The largest absolute Gasteiger partial charge is 0.506 e. The predicted molar refractivity (Wildman–Crippen MR) is 54.4 cm³/mol. The van der Waals surface area contributed by atoms with Crippen molar-refractivity contribution in [1.29, 1.82) is 0 Å². The number of benzene rings is 1. The van der Waals surface area contributed by atoms with Crippen molar-refractivity contribution in [3.8, 4) is 5.75 Å². The van der Waals surface area contributed by atoms with Crippen LogP contribution in [-0.2, 0) is 6.42 Å². The second-order valence-electron chi connectivity index (χ2n) is 4.08. The summed E-state index contributed by atoms with van der Waals surface area (Å²) in [5, 5.41) is 12.6. The van der Waals surface area contributed by atoms with Crippen LogP contribution in [0.25, 0.3) is 0 Å². The van der Waals surface area contributed by atoms with Crippen LogP contribution >= 0.6 is 0 Å². The Morgan fingerprint density at radius 3 is 3.07 bits per heavy atom. The third-order valence-corrected chi connectivity index (χ3v) is 2.64. The Hall–Kier alpha value is -1.25. The van der Waals surface area contributed by atoms with Crippen molar-refractivity contribution in [2.24, 2.45) is 0 Å². The molecular weight excluding hydrogens is 181 g/mol. The molecule has 76 valence electrons. The first-order valence-corrected chi connectivity index (χ1v) is 4.82. The number of nitrogens with one attached hydrogen (secondary N) is 1. The van der Waals surface area contributed by atoms with E-state index in [1.807, 2.05) is 6.07 Å². The number of aromatic hydroxyl groups is 1. The van der Waals surface area contributed by atoms with Crippen LogP contribution in [0.15, 0.2) is 18.2 Å². The molecule has 14 heavy (non-hydrogen) atoms. The molecule has 1 aliphatic heterocycles. The number of hydrogen-bond acceptors (Lipinski definition) is 2. The van der Waals surface area contributed by atoms with Crippen molar-refractivity contribution in [2.75, 3.05) is 11.9 Å². The Bertz CT molecular complexity index is 349. The molecule has 0 amide bonds. The van der Waals surface area contributed by atoms with Crippen LogP contribution in [0.1, 0.15) is 18.9 Å². The number of anilines is 1. The summed E-state index contributed by atoms with van der Waals surface area (Å²) in [4.78, 5) is 0. The minimum atomic E-state index is -1.17. The Labute approximate surface area is 82.8 Å². The summed E-state index contributed by atoms with van der Waals surface area (Å²) in [6.07, 6.45) is 0.838. The predicted octanol–water partition coefficient (Wildman–Crippen LogP) is 2.48. The molecule has 2 rings (SSSR count). The van der Waals surface area contributed by atoms with Gasteiger partial charge in [-0.25, -0.2) is 4.39 Å². The highest BCUT2D eigenvalue weighted by Crippen LogP contribution is 2.34. The lowest BCUT2D eigenvalue weighted by Gasteiger charge is -2.16. The summed E-state index contributed by atoms with van der Waals surface area (Å²) < 4.78 is 13.8. The number of hydrogen-bond donors (Lipinski definition) is 2. The molecule has 1 aliphatic rings. The lowest BCUT2D eigenvalue weighted by molar-refractivity contribution is 0.183. The van der Waals surface area contributed by atoms with E-state index in [0.717, 1.165) is 5.56 Å². The van der Waals surface area contributed by atoms with E-state index in [4.69, 9.17) is 0 Å². The van der Waals surface area contributed by atoms with Gasteiger partial charge in [0.05, 0.1) is 5.69 Å². The number of rotatable bonds is 0. The highest BCUT2D eigenvalue weighted by molar-refractivity contribution is 5.62. The molecule has 1 atom stereocenters. The van der Waals surface area contributed by atoms with E-state index < -0.39 is 5.67 Å². The Morgan fingerprint density at radius 1 is 1.50 bits per heavy atom. The van der Waals surface area contributed by atoms with Crippen LogP contribution < -0.4 is 5.32 Å². The van der Waals surface area contributed by atoms with Crippen LogP contribution in [0.2, 0.25) is 0 Å². The van der Waals surface area contributed by atoms with Crippen LogP contribution in [0.5, 0.6) is 5.75 Å². The van der Waals surface area contributed by atoms with Gasteiger partial charge in [0.25, 0.3) is 0 Å². The van der Waals surface area contributed by atoms with Crippen molar-refractivity contribution in [3.05, 3.63) is 23.8 Å². The van der Waals surface area contributed by atoms with Gasteiger partial charge in [0, 0.05) is 13.0 Å². The van der Waals surface area contributed by atoms with Crippen molar-refractivity contribution < 1.29 is 9.50 Å². The summed E-state index contributed by atoms with van der Waals surface area (Å²) in [5.41, 5.74) is 0.368. The normalized spacial score (nSPS) is 26.1. The number of alkyl halides is 1. The molecule has 0 radical (unpaired) electrons. The second-order valence-corrected chi connectivity index (χ2v) is 4.08. The molecule has 0 saturated carbocycles. The molecule has 2 nitrogen and oxygen atoms in total. The summed E-state index contributed by atoms with van der Waals surface area (Å²) in [6.45, 7) is 2.17. The fourth-order valence-electron chi connectivity index (χ4n) is 1.87. The van der Waals surface area contributed by atoms with Crippen molar-refractivity contribution in [2.45, 2.75) is 25.4 Å². The Kier molecular flexibility index (Phi) is 2.10. The molecule has 0 bridgehead atoms. The smallest absolute Gasteiger partial charge is 0.138 e. The van der Waals surface area contributed by atoms with Gasteiger partial charge in [-0.3, -0.25) is 0 Å². The second kappa shape index (κ2) is 3.15.